The second-order valence-corrected chi connectivity index (χ2v) is 7.03. The van der Waals surface area contributed by atoms with Gasteiger partial charge in [-0.05, 0) is 36.6 Å². The highest BCUT2D eigenvalue weighted by Crippen LogP contribution is 2.27. The number of amides is 1. The summed E-state index contributed by atoms with van der Waals surface area (Å²) in [5, 5.41) is 6.36. The average Bonchev–Trinajstić information content (AvgIpc) is 2.93. The summed E-state index contributed by atoms with van der Waals surface area (Å²) < 4.78 is 0.746. The highest BCUT2D eigenvalue weighted by molar-refractivity contribution is 7.16. The van der Waals surface area contributed by atoms with Gasteiger partial charge in [-0.2, -0.15) is 0 Å². The van der Waals surface area contributed by atoms with Gasteiger partial charge in [0.2, 0.25) is 5.91 Å². The molecule has 0 aliphatic carbocycles. The Kier molecular flexibility index (Phi) is 5.87. The van der Waals surface area contributed by atoms with E-state index in [9.17, 15) is 4.79 Å². The molecule has 2 heterocycles. The van der Waals surface area contributed by atoms with Crippen molar-refractivity contribution in [3.63, 3.8) is 0 Å². The lowest BCUT2D eigenvalue weighted by molar-refractivity contribution is -0.123. The van der Waals surface area contributed by atoms with E-state index in [-0.39, 0.29) is 30.4 Å². The van der Waals surface area contributed by atoms with E-state index in [2.05, 4.69) is 22.8 Å². The van der Waals surface area contributed by atoms with Crippen LogP contribution >= 0.6 is 35.3 Å². The minimum Gasteiger partial charge on any atom is -0.347 e. The van der Waals surface area contributed by atoms with Gasteiger partial charge in [-0.15, -0.1) is 23.7 Å². The third-order valence-electron chi connectivity index (χ3n) is 3.78. The fourth-order valence-electron chi connectivity index (χ4n) is 2.59. The maximum atomic E-state index is 12.4. The van der Waals surface area contributed by atoms with Gasteiger partial charge in [-0.1, -0.05) is 35.9 Å². The molecule has 6 heteroatoms. The first-order valence-corrected chi connectivity index (χ1v) is 8.18. The summed E-state index contributed by atoms with van der Waals surface area (Å²) in [6, 6.07) is 11.9. The van der Waals surface area contributed by atoms with Crippen LogP contribution in [-0.2, 0) is 17.8 Å². The van der Waals surface area contributed by atoms with Crippen molar-refractivity contribution in [2.24, 2.45) is 0 Å². The molecule has 118 valence electrons. The molecule has 2 unspecified atom stereocenters. The number of fused-ring (bicyclic) bond motifs is 1. The monoisotopic (exact) mass is 356 g/mol. The van der Waals surface area contributed by atoms with Crippen LogP contribution in [0.2, 0.25) is 4.34 Å². The molecule has 0 fully saturated rings. The van der Waals surface area contributed by atoms with E-state index in [1.54, 1.807) is 0 Å². The number of thiophene rings is 1. The molecule has 0 bridgehead atoms. The summed E-state index contributed by atoms with van der Waals surface area (Å²) in [5.74, 6) is 0.0431. The van der Waals surface area contributed by atoms with Crippen molar-refractivity contribution in [3.8, 4) is 0 Å². The molecule has 0 saturated heterocycles. The van der Waals surface area contributed by atoms with Crippen LogP contribution in [0, 0.1) is 0 Å². The quantitative estimate of drug-likeness (QED) is 0.879. The van der Waals surface area contributed by atoms with Crippen molar-refractivity contribution >= 4 is 41.3 Å². The van der Waals surface area contributed by atoms with Crippen LogP contribution in [-0.4, -0.2) is 11.9 Å². The minimum absolute atomic E-state index is 0. The number of hydrogen-bond donors (Lipinski definition) is 2. The Hall–Kier alpha value is -1.07. The molecule has 22 heavy (non-hydrogen) atoms. The third-order valence-corrected chi connectivity index (χ3v) is 5.19. The van der Waals surface area contributed by atoms with E-state index in [1.165, 1.54) is 22.5 Å². The Bertz CT molecular complexity index is 659. The zero-order valence-electron chi connectivity index (χ0n) is 12.1. The first-order chi connectivity index (χ1) is 10.1. The van der Waals surface area contributed by atoms with Crippen molar-refractivity contribution in [1.29, 1.82) is 0 Å². The number of benzene rings is 1. The van der Waals surface area contributed by atoms with Crippen LogP contribution in [0.15, 0.2) is 36.4 Å². The van der Waals surface area contributed by atoms with Gasteiger partial charge in [-0.25, -0.2) is 0 Å². The van der Waals surface area contributed by atoms with E-state index >= 15 is 0 Å². The van der Waals surface area contributed by atoms with E-state index in [4.69, 9.17) is 11.6 Å². The van der Waals surface area contributed by atoms with Gasteiger partial charge in [0.25, 0.3) is 0 Å². The molecule has 1 aromatic heterocycles. The van der Waals surface area contributed by atoms with Gasteiger partial charge >= 0.3 is 0 Å². The molecule has 3 rings (SSSR count). The number of carbonyl (C=O) groups excluding carboxylic acids is 1. The van der Waals surface area contributed by atoms with Crippen molar-refractivity contribution in [3.05, 3.63) is 56.7 Å². The third kappa shape index (κ3) is 3.82. The second-order valence-electron chi connectivity index (χ2n) is 5.28. The van der Waals surface area contributed by atoms with Gasteiger partial charge in [0.05, 0.1) is 16.4 Å². The molecule has 1 aromatic carbocycles. The summed E-state index contributed by atoms with van der Waals surface area (Å²) >= 11 is 7.44. The van der Waals surface area contributed by atoms with E-state index in [1.807, 2.05) is 31.2 Å². The molecule has 0 spiro atoms. The Morgan fingerprint density at radius 1 is 1.32 bits per heavy atom. The number of hydrogen-bond acceptors (Lipinski definition) is 3. The molecule has 2 aromatic rings. The van der Waals surface area contributed by atoms with E-state index in [0.29, 0.717) is 0 Å². The van der Waals surface area contributed by atoms with Crippen molar-refractivity contribution < 1.29 is 4.79 Å². The molecule has 1 amide bonds. The Balaban J connectivity index is 0.00000176. The molecule has 0 radical (unpaired) electrons. The molecule has 2 atom stereocenters. The average molecular weight is 357 g/mol. The molecule has 1 aliphatic rings. The molecular weight excluding hydrogens is 339 g/mol. The zero-order valence-corrected chi connectivity index (χ0v) is 14.5. The maximum Gasteiger partial charge on any atom is 0.237 e. The lowest BCUT2D eigenvalue weighted by atomic mass is 9.95. The summed E-state index contributed by atoms with van der Waals surface area (Å²) in [7, 11) is 0. The minimum atomic E-state index is -0.169. The van der Waals surface area contributed by atoms with Gasteiger partial charge < -0.3 is 10.6 Å². The fraction of sp³-hybridized carbons (Fsp3) is 0.312. The van der Waals surface area contributed by atoms with E-state index in [0.717, 1.165) is 22.2 Å². The van der Waals surface area contributed by atoms with Crippen LogP contribution in [0.25, 0.3) is 0 Å². The summed E-state index contributed by atoms with van der Waals surface area (Å²) in [6.45, 7) is 2.73. The van der Waals surface area contributed by atoms with Gasteiger partial charge in [0.15, 0.2) is 0 Å². The number of nitrogens with one attached hydrogen (secondary N) is 2. The topological polar surface area (TPSA) is 41.1 Å². The number of halogens is 2. The first kappa shape index (κ1) is 17.3. The lowest BCUT2D eigenvalue weighted by Gasteiger charge is -2.26. The fourth-order valence-corrected chi connectivity index (χ4v) is 3.65. The number of carbonyl (C=O) groups is 1. The molecule has 3 nitrogen and oxygen atoms in total. The maximum absolute atomic E-state index is 12.4. The predicted molar refractivity (Wildman–Crippen MR) is 93.9 cm³/mol. The second kappa shape index (κ2) is 7.47. The van der Waals surface area contributed by atoms with Gasteiger partial charge in [-0.3, -0.25) is 4.79 Å². The normalized spacial score (nSPS) is 18.0. The standard InChI is InChI=1S/C16H17ClN2OS.ClH/c1-10(14-6-7-15(17)21-14)19-16(20)13-8-11-4-2-3-5-12(11)9-18-13;/h2-7,10,13,18H,8-9H2,1H3,(H,19,20);1H. The summed E-state index contributed by atoms with van der Waals surface area (Å²) in [5.41, 5.74) is 2.53. The number of rotatable bonds is 3. The Morgan fingerprint density at radius 3 is 2.73 bits per heavy atom. The molecular formula is C16H18Cl2N2OS. The summed E-state index contributed by atoms with van der Waals surface area (Å²) in [6.07, 6.45) is 0.736. The highest BCUT2D eigenvalue weighted by atomic mass is 35.5. The summed E-state index contributed by atoms with van der Waals surface area (Å²) in [4.78, 5) is 13.5. The zero-order chi connectivity index (χ0) is 14.8. The lowest BCUT2D eigenvalue weighted by Crippen LogP contribution is -2.48. The SMILES string of the molecule is CC(NC(=O)C1Cc2ccccc2CN1)c1ccc(Cl)s1.Cl. The molecule has 0 saturated carbocycles. The first-order valence-electron chi connectivity index (χ1n) is 6.99. The Labute approximate surface area is 145 Å². The van der Waals surface area contributed by atoms with Crippen LogP contribution in [0.5, 0.6) is 0 Å². The van der Waals surface area contributed by atoms with E-state index < -0.39 is 0 Å². The van der Waals surface area contributed by atoms with Crippen LogP contribution in [0.4, 0.5) is 0 Å². The smallest absolute Gasteiger partial charge is 0.237 e. The van der Waals surface area contributed by atoms with Crippen molar-refractivity contribution in [2.75, 3.05) is 0 Å². The van der Waals surface area contributed by atoms with Crippen LogP contribution < -0.4 is 10.6 Å². The van der Waals surface area contributed by atoms with Gasteiger partial charge in [0, 0.05) is 11.4 Å². The Morgan fingerprint density at radius 2 is 2.05 bits per heavy atom. The van der Waals surface area contributed by atoms with Crippen molar-refractivity contribution in [2.45, 2.75) is 32.0 Å². The van der Waals surface area contributed by atoms with Crippen LogP contribution in [0.1, 0.15) is 29.0 Å². The van der Waals surface area contributed by atoms with Crippen LogP contribution in [0.3, 0.4) is 0 Å². The molecule has 2 N–H and O–H groups in total. The van der Waals surface area contributed by atoms with Crippen molar-refractivity contribution in [1.82, 2.24) is 10.6 Å². The largest absolute Gasteiger partial charge is 0.347 e. The molecule has 1 aliphatic heterocycles. The predicted octanol–water partition coefficient (Wildman–Crippen LogP) is 3.72. The van der Waals surface area contributed by atoms with Gasteiger partial charge in [0.1, 0.15) is 0 Å². The highest BCUT2D eigenvalue weighted by Gasteiger charge is 2.25.